The van der Waals surface area contributed by atoms with Gasteiger partial charge in [-0.15, -0.1) is 11.3 Å². The molecule has 0 aliphatic rings. The Labute approximate surface area is 150 Å². The molecular weight excluding hydrogens is 359 g/mol. The zero-order chi connectivity index (χ0) is 17.9. The summed E-state index contributed by atoms with van der Waals surface area (Å²) in [6.07, 6.45) is 0.566. The van der Waals surface area contributed by atoms with E-state index in [0.29, 0.717) is 6.42 Å². The van der Waals surface area contributed by atoms with E-state index in [0.717, 1.165) is 34.0 Å². The Morgan fingerprint density at radius 2 is 1.76 bits per heavy atom. The van der Waals surface area contributed by atoms with Crippen LogP contribution < -0.4 is 4.72 Å². The summed E-state index contributed by atoms with van der Waals surface area (Å²) in [5.74, 6) is -0.464. The van der Waals surface area contributed by atoms with Gasteiger partial charge >= 0.3 is 0 Å². The molecule has 0 spiro atoms. The first-order valence-corrected chi connectivity index (χ1v) is 10.1. The predicted octanol–water partition coefficient (Wildman–Crippen LogP) is 3.78. The van der Waals surface area contributed by atoms with Crippen molar-refractivity contribution in [3.63, 3.8) is 0 Å². The minimum Gasteiger partial charge on any atom is -0.242 e. The number of hydrogen-bond acceptors (Lipinski definition) is 4. The standard InChI is InChI=1S/C18H17FN2O2S2/c1-13-21-18(12-24-13)15-4-2-14(3-5-15)10-11-20-25(22,23)17-8-6-16(19)7-9-17/h2-9,12,20H,10-11H2,1H3. The second-order valence-corrected chi connectivity index (χ2v) is 8.38. The Morgan fingerprint density at radius 3 is 2.36 bits per heavy atom. The van der Waals surface area contributed by atoms with Crippen LogP contribution in [0.5, 0.6) is 0 Å². The summed E-state index contributed by atoms with van der Waals surface area (Å²) in [5, 5.41) is 3.04. The lowest BCUT2D eigenvalue weighted by Gasteiger charge is -2.07. The van der Waals surface area contributed by atoms with Crippen molar-refractivity contribution >= 4 is 21.4 Å². The van der Waals surface area contributed by atoms with Gasteiger partial charge in [-0.3, -0.25) is 0 Å². The summed E-state index contributed by atoms with van der Waals surface area (Å²) < 4.78 is 39.7. The molecule has 0 unspecified atom stereocenters. The molecule has 2 aromatic carbocycles. The Morgan fingerprint density at radius 1 is 1.08 bits per heavy atom. The van der Waals surface area contributed by atoms with Crippen molar-refractivity contribution in [2.24, 2.45) is 0 Å². The predicted molar refractivity (Wildman–Crippen MR) is 97.6 cm³/mol. The number of nitrogens with one attached hydrogen (secondary N) is 1. The van der Waals surface area contributed by atoms with Gasteiger partial charge in [0.25, 0.3) is 0 Å². The van der Waals surface area contributed by atoms with Crippen molar-refractivity contribution in [2.75, 3.05) is 6.54 Å². The monoisotopic (exact) mass is 376 g/mol. The molecule has 0 saturated heterocycles. The Bertz CT molecular complexity index is 950. The number of aromatic nitrogens is 1. The molecule has 0 bridgehead atoms. The van der Waals surface area contributed by atoms with E-state index in [4.69, 9.17) is 0 Å². The van der Waals surface area contributed by atoms with Gasteiger partial charge < -0.3 is 0 Å². The second kappa shape index (κ2) is 7.43. The van der Waals surface area contributed by atoms with Gasteiger partial charge in [-0.2, -0.15) is 0 Å². The summed E-state index contributed by atoms with van der Waals surface area (Å²) >= 11 is 1.61. The number of halogens is 1. The van der Waals surface area contributed by atoms with Crippen LogP contribution in [0.4, 0.5) is 4.39 Å². The third-order valence-corrected chi connectivity index (χ3v) is 5.95. The van der Waals surface area contributed by atoms with Crippen molar-refractivity contribution in [1.82, 2.24) is 9.71 Å². The number of thiazole rings is 1. The quantitative estimate of drug-likeness (QED) is 0.712. The molecule has 0 aliphatic heterocycles. The summed E-state index contributed by atoms with van der Waals surface area (Å²) in [5.41, 5.74) is 3.02. The third kappa shape index (κ3) is 4.50. The molecule has 25 heavy (non-hydrogen) atoms. The minimum atomic E-state index is -3.62. The van der Waals surface area contributed by atoms with Crippen LogP contribution in [-0.4, -0.2) is 19.9 Å². The zero-order valence-electron chi connectivity index (χ0n) is 13.6. The van der Waals surface area contributed by atoms with Crippen LogP contribution in [0.25, 0.3) is 11.3 Å². The van der Waals surface area contributed by atoms with Gasteiger partial charge in [-0.1, -0.05) is 24.3 Å². The van der Waals surface area contributed by atoms with Crippen LogP contribution in [0.2, 0.25) is 0 Å². The summed E-state index contributed by atoms with van der Waals surface area (Å²) in [7, 11) is -3.62. The maximum atomic E-state index is 12.9. The number of rotatable bonds is 6. The van der Waals surface area contributed by atoms with Crippen molar-refractivity contribution < 1.29 is 12.8 Å². The highest BCUT2D eigenvalue weighted by atomic mass is 32.2. The van der Waals surface area contributed by atoms with E-state index in [1.165, 1.54) is 12.1 Å². The van der Waals surface area contributed by atoms with Crippen LogP contribution in [0.3, 0.4) is 0 Å². The number of nitrogens with zero attached hydrogens (tertiary/aromatic N) is 1. The summed E-state index contributed by atoms with van der Waals surface area (Å²) in [4.78, 5) is 4.50. The molecule has 1 heterocycles. The fourth-order valence-electron chi connectivity index (χ4n) is 2.37. The molecule has 3 aromatic rings. The molecule has 130 valence electrons. The number of sulfonamides is 1. The molecule has 1 N–H and O–H groups in total. The molecule has 7 heteroatoms. The van der Waals surface area contributed by atoms with E-state index in [-0.39, 0.29) is 11.4 Å². The zero-order valence-corrected chi connectivity index (χ0v) is 15.2. The van der Waals surface area contributed by atoms with Gasteiger partial charge in [0.1, 0.15) is 5.82 Å². The van der Waals surface area contributed by atoms with Crippen LogP contribution in [-0.2, 0) is 16.4 Å². The van der Waals surface area contributed by atoms with Crippen LogP contribution in [0.1, 0.15) is 10.6 Å². The fourth-order valence-corrected chi connectivity index (χ4v) is 4.02. The van der Waals surface area contributed by atoms with Crippen molar-refractivity contribution in [2.45, 2.75) is 18.2 Å². The first-order chi connectivity index (χ1) is 11.9. The Balaban J connectivity index is 1.59. The molecule has 4 nitrogen and oxygen atoms in total. The van der Waals surface area contributed by atoms with Crippen LogP contribution >= 0.6 is 11.3 Å². The van der Waals surface area contributed by atoms with Crippen molar-refractivity contribution in [3.05, 3.63) is 70.3 Å². The average Bonchev–Trinajstić information content (AvgIpc) is 3.02. The molecule has 0 atom stereocenters. The van der Waals surface area contributed by atoms with E-state index in [9.17, 15) is 12.8 Å². The first kappa shape index (κ1) is 17.7. The third-order valence-electron chi connectivity index (χ3n) is 3.70. The summed E-state index contributed by atoms with van der Waals surface area (Å²) in [6.45, 7) is 2.24. The Kier molecular flexibility index (Phi) is 5.27. The van der Waals surface area contributed by atoms with Gasteiger partial charge in [-0.05, 0) is 43.2 Å². The van der Waals surface area contributed by atoms with Crippen molar-refractivity contribution in [1.29, 1.82) is 0 Å². The van der Waals surface area contributed by atoms with E-state index in [1.807, 2.05) is 36.6 Å². The van der Waals surface area contributed by atoms with Crippen LogP contribution in [0.15, 0.2) is 58.8 Å². The van der Waals surface area contributed by atoms with E-state index in [1.54, 1.807) is 11.3 Å². The largest absolute Gasteiger partial charge is 0.242 e. The molecule has 0 amide bonds. The Hall–Kier alpha value is -2.09. The van der Waals surface area contributed by atoms with E-state index < -0.39 is 15.8 Å². The molecule has 0 saturated carbocycles. The maximum absolute atomic E-state index is 12.9. The topological polar surface area (TPSA) is 59.1 Å². The number of hydrogen-bond donors (Lipinski definition) is 1. The van der Waals surface area contributed by atoms with Gasteiger partial charge in [0, 0.05) is 17.5 Å². The summed E-state index contributed by atoms with van der Waals surface area (Å²) in [6, 6.07) is 12.7. The SMILES string of the molecule is Cc1nc(-c2ccc(CCNS(=O)(=O)c3ccc(F)cc3)cc2)cs1. The normalized spacial score (nSPS) is 11.6. The highest BCUT2D eigenvalue weighted by Gasteiger charge is 2.13. The molecule has 0 fully saturated rings. The molecule has 0 radical (unpaired) electrons. The van der Waals surface area contributed by atoms with Gasteiger partial charge in [0.15, 0.2) is 0 Å². The lowest BCUT2D eigenvalue weighted by atomic mass is 10.1. The van der Waals surface area contributed by atoms with Crippen molar-refractivity contribution in [3.8, 4) is 11.3 Å². The molecule has 0 aliphatic carbocycles. The molecular formula is C18H17FN2O2S2. The van der Waals surface area contributed by atoms with Crippen LogP contribution in [0, 0.1) is 12.7 Å². The highest BCUT2D eigenvalue weighted by Crippen LogP contribution is 2.21. The molecule has 3 rings (SSSR count). The minimum absolute atomic E-state index is 0.0585. The number of aryl methyl sites for hydroxylation is 1. The fraction of sp³-hybridized carbons (Fsp3) is 0.167. The van der Waals surface area contributed by atoms with Gasteiger partial charge in [0.05, 0.1) is 15.6 Å². The van der Waals surface area contributed by atoms with Gasteiger partial charge in [-0.25, -0.2) is 22.5 Å². The van der Waals surface area contributed by atoms with E-state index >= 15 is 0 Å². The highest BCUT2D eigenvalue weighted by molar-refractivity contribution is 7.89. The average molecular weight is 376 g/mol. The smallest absolute Gasteiger partial charge is 0.240 e. The first-order valence-electron chi connectivity index (χ1n) is 7.71. The lowest BCUT2D eigenvalue weighted by molar-refractivity contribution is 0.580. The second-order valence-electron chi connectivity index (χ2n) is 5.55. The van der Waals surface area contributed by atoms with Gasteiger partial charge in [0.2, 0.25) is 10.0 Å². The lowest BCUT2D eigenvalue weighted by Crippen LogP contribution is -2.26. The molecule has 1 aromatic heterocycles. The van der Waals surface area contributed by atoms with E-state index in [2.05, 4.69) is 9.71 Å². The number of benzene rings is 2. The maximum Gasteiger partial charge on any atom is 0.240 e.